The topological polar surface area (TPSA) is 40.5 Å². The lowest BCUT2D eigenvalue weighted by atomic mass is 10.1. The van der Waals surface area contributed by atoms with E-state index < -0.39 is 0 Å². The molecule has 0 aliphatic rings. The molecule has 0 radical (unpaired) electrons. The Kier molecular flexibility index (Phi) is 5.15. The largest absolute Gasteiger partial charge is 0.508 e. The van der Waals surface area contributed by atoms with E-state index in [2.05, 4.69) is 0 Å². The van der Waals surface area contributed by atoms with E-state index in [0.29, 0.717) is 0 Å². The van der Waals surface area contributed by atoms with Gasteiger partial charge in [-0.2, -0.15) is 0 Å². The summed E-state index contributed by atoms with van der Waals surface area (Å²) < 4.78 is 0. The van der Waals surface area contributed by atoms with Gasteiger partial charge in [0, 0.05) is 19.8 Å². The summed E-state index contributed by atoms with van der Waals surface area (Å²) in [5.41, 5.74) is 2.97. The summed E-state index contributed by atoms with van der Waals surface area (Å²) in [5, 5.41) is 9.19. The molecule has 0 aliphatic carbocycles. The molecular weight excluding hydrogens is 274 g/mol. The van der Waals surface area contributed by atoms with Crippen LogP contribution in [-0.4, -0.2) is 25.0 Å². The van der Waals surface area contributed by atoms with Gasteiger partial charge in [-0.3, -0.25) is 4.79 Å². The van der Waals surface area contributed by atoms with Gasteiger partial charge >= 0.3 is 0 Å². The lowest BCUT2D eigenvalue weighted by Gasteiger charge is -2.11. The van der Waals surface area contributed by atoms with E-state index in [1.807, 2.05) is 43.3 Å². The van der Waals surface area contributed by atoms with Gasteiger partial charge in [-0.25, -0.2) is 0 Å². The van der Waals surface area contributed by atoms with Crippen LogP contribution in [0, 0.1) is 0 Å². The predicted molar refractivity (Wildman–Crippen MR) is 92.0 cm³/mol. The Hall–Kier alpha value is -2.81. The van der Waals surface area contributed by atoms with E-state index in [-0.39, 0.29) is 11.5 Å². The second kappa shape index (κ2) is 7.27. The van der Waals surface area contributed by atoms with Crippen LogP contribution in [0.25, 0.3) is 12.2 Å². The smallest absolute Gasteiger partial charge is 0.178 e. The zero-order valence-corrected chi connectivity index (χ0v) is 12.7. The van der Waals surface area contributed by atoms with E-state index in [0.717, 1.165) is 16.8 Å². The fraction of sp³-hybridized carbons (Fsp3) is 0.105. The molecule has 3 heteroatoms. The molecule has 0 heterocycles. The fourth-order valence-electron chi connectivity index (χ4n) is 1.88. The highest BCUT2D eigenvalue weighted by Crippen LogP contribution is 2.13. The van der Waals surface area contributed by atoms with Crippen LogP contribution in [0.15, 0.2) is 60.7 Å². The number of carbonyl (C=O) groups excluding carboxylic acids is 1. The predicted octanol–water partition coefficient (Wildman–Crippen LogP) is 3.75. The second-order valence-corrected chi connectivity index (χ2v) is 5.15. The quantitative estimate of drug-likeness (QED) is 0.853. The lowest BCUT2D eigenvalue weighted by Crippen LogP contribution is -2.07. The van der Waals surface area contributed by atoms with Crippen LogP contribution in [0.5, 0.6) is 5.75 Å². The number of hydrogen-bond donors (Lipinski definition) is 1. The highest BCUT2D eigenvalue weighted by Gasteiger charge is 1.95. The van der Waals surface area contributed by atoms with Gasteiger partial charge in [0.05, 0.1) is 0 Å². The van der Waals surface area contributed by atoms with Crippen LogP contribution >= 0.6 is 0 Å². The zero-order valence-electron chi connectivity index (χ0n) is 12.7. The number of benzene rings is 2. The van der Waals surface area contributed by atoms with Crippen molar-refractivity contribution in [3.8, 4) is 5.75 Å². The third-order valence-corrected chi connectivity index (χ3v) is 3.18. The van der Waals surface area contributed by atoms with Crippen molar-refractivity contribution in [3.63, 3.8) is 0 Å². The van der Waals surface area contributed by atoms with Gasteiger partial charge < -0.3 is 10.0 Å². The first-order valence-electron chi connectivity index (χ1n) is 7.01. The van der Waals surface area contributed by atoms with Crippen LogP contribution in [0.1, 0.15) is 11.1 Å². The SMILES string of the molecule is CN(C)c1ccc(/C=C/C(=O)/C=C/c2ccc(O)cc2)cc1. The van der Waals surface area contributed by atoms with Crippen molar-refractivity contribution >= 4 is 23.6 Å². The number of phenolic OH excluding ortho intramolecular Hbond substituents is 1. The van der Waals surface area contributed by atoms with E-state index in [9.17, 15) is 9.90 Å². The molecule has 0 spiro atoms. The molecule has 2 rings (SSSR count). The van der Waals surface area contributed by atoms with Crippen molar-refractivity contribution in [1.29, 1.82) is 0 Å². The van der Waals surface area contributed by atoms with E-state index in [1.165, 1.54) is 6.08 Å². The average molecular weight is 293 g/mol. The van der Waals surface area contributed by atoms with Crippen LogP contribution in [-0.2, 0) is 4.79 Å². The molecule has 2 aromatic carbocycles. The van der Waals surface area contributed by atoms with Gasteiger partial charge in [-0.15, -0.1) is 0 Å². The van der Waals surface area contributed by atoms with Gasteiger partial charge in [-0.05, 0) is 47.5 Å². The number of rotatable bonds is 5. The maximum atomic E-state index is 11.8. The summed E-state index contributed by atoms with van der Waals surface area (Å²) in [4.78, 5) is 13.8. The second-order valence-electron chi connectivity index (χ2n) is 5.15. The highest BCUT2D eigenvalue weighted by atomic mass is 16.3. The molecule has 0 aromatic heterocycles. The fourth-order valence-corrected chi connectivity index (χ4v) is 1.88. The Morgan fingerprint density at radius 3 is 1.77 bits per heavy atom. The molecule has 0 fully saturated rings. The first-order chi connectivity index (χ1) is 10.5. The van der Waals surface area contributed by atoms with E-state index in [4.69, 9.17) is 0 Å². The minimum Gasteiger partial charge on any atom is -0.508 e. The number of allylic oxidation sites excluding steroid dienone is 2. The van der Waals surface area contributed by atoms with Gasteiger partial charge in [-0.1, -0.05) is 36.4 Å². The van der Waals surface area contributed by atoms with E-state index in [1.54, 1.807) is 42.5 Å². The average Bonchev–Trinajstić information content (AvgIpc) is 2.52. The standard InChI is InChI=1S/C19H19NO2/c1-20(2)17-9-3-15(4-10-17)5-11-18(21)12-6-16-7-13-19(22)14-8-16/h3-14,22H,1-2H3/b11-5+,12-6+. The van der Waals surface area contributed by atoms with Crippen molar-refractivity contribution in [2.45, 2.75) is 0 Å². The van der Waals surface area contributed by atoms with Crippen LogP contribution in [0.3, 0.4) is 0 Å². The van der Waals surface area contributed by atoms with Crippen molar-refractivity contribution in [1.82, 2.24) is 0 Å². The number of ketones is 1. The number of nitrogens with zero attached hydrogens (tertiary/aromatic N) is 1. The Balaban J connectivity index is 1.97. The Morgan fingerprint density at radius 2 is 1.32 bits per heavy atom. The molecule has 2 aromatic rings. The molecule has 0 amide bonds. The summed E-state index contributed by atoms with van der Waals surface area (Å²) in [6.07, 6.45) is 6.57. The van der Waals surface area contributed by atoms with Gasteiger partial charge in [0.15, 0.2) is 5.78 Å². The van der Waals surface area contributed by atoms with Crippen molar-refractivity contribution < 1.29 is 9.90 Å². The molecule has 0 bridgehead atoms. The molecular formula is C19H19NO2. The van der Waals surface area contributed by atoms with Gasteiger partial charge in [0.1, 0.15) is 5.75 Å². The molecule has 0 aliphatic heterocycles. The minimum absolute atomic E-state index is 0.0789. The molecule has 0 saturated heterocycles. The summed E-state index contributed by atoms with van der Waals surface area (Å²) >= 11 is 0. The monoisotopic (exact) mass is 293 g/mol. The Bertz CT molecular complexity index is 680. The normalized spacial score (nSPS) is 11.2. The summed E-state index contributed by atoms with van der Waals surface area (Å²) in [5.74, 6) is 0.134. The lowest BCUT2D eigenvalue weighted by molar-refractivity contribution is -0.110. The van der Waals surface area contributed by atoms with Crippen LogP contribution < -0.4 is 4.90 Å². The van der Waals surface area contributed by atoms with Crippen LogP contribution in [0.2, 0.25) is 0 Å². The number of hydrogen-bond acceptors (Lipinski definition) is 3. The molecule has 0 unspecified atom stereocenters. The summed E-state index contributed by atoms with van der Waals surface area (Å²) in [6.45, 7) is 0. The first kappa shape index (κ1) is 15.6. The third-order valence-electron chi connectivity index (χ3n) is 3.18. The molecule has 1 N–H and O–H groups in total. The molecule has 0 saturated carbocycles. The molecule has 112 valence electrons. The minimum atomic E-state index is -0.0789. The van der Waals surface area contributed by atoms with E-state index >= 15 is 0 Å². The molecule has 0 atom stereocenters. The van der Waals surface area contributed by atoms with Crippen molar-refractivity contribution in [3.05, 3.63) is 71.8 Å². The third kappa shape index (κ3) is 4.63. The zero-order chi connectivity index (χ0) is 15.9. The van der Waals surface area contributed by atoms with Crippen LogP contribution in [0.4, 0.5) is 5.69 Å². The maximum absolute atomic E-state index is 11.8. The number of carbonyl (C=O) groups is 1. The molecule has 22 heavy (non-hydrogen) atoms. The Morgan fingerprint density at radius 1 is 0.864 bits per heavy atom. The number of anilines is 1. The number of phenols is 1. The summed E-state index contributed by atoms with van der Waals surface area (Å²) in [7, 11) is 3.98. The maximum Gasteiger partial charge on any atom is 0.178 e. The summed E-state index contributed by atoms with van der Waals surface area (Å²) in [6, 6.07) is 14.7. The van der Waals surface area contributed by atoms with Gasteiger partial charge in [0.25, 0.3) is 0 Å². The highest BCUT2D eigenvalue weighted by molar-refractivity contribution is 6.04. The van der Waals surface area contributed by atoms with Crippen molar-refractivity contribution in [2.75, 3.05) is 19.0 Å². The molecule has 3 nitrogen and oxygen atoms in total. The first-order valence-corrected chi connectivity index (χ1v) is 7.01. The van der Waals surface area contributed by atoms with Crippen molar-refractivity contribution in [2.24, 2.45) is 0 Å². The number of aromatic hydroxyl groups is 1. The van der Waals surface area contributed by atoms with Gasteiger partial charge in [0.2, 0.25) is 0 Å². The Labute approximate surface area is 130 Å².